The summed E-state index contributed by atoms with van der Waals surface area (Å²) in [5.41, 5.74) is -0.430. The van der Waals surface area contributed by atoms with Crippen LogP contribution in [-0.4, -0.2) is 13.2 Å². The first-order chi connectivity index (χ1) is 9.74. The molecule has 0 N–H and O–H groups in total. The summed E-state index contributed by atoms with van der Waals surface area (Å²) in [6.07, 6.45) is 0. The minimum atomic E-state index is -0.430. The van der Waals surface area contributed by atoms with Gasteiger partial charge in [-0.05, 0) is 19.1 Å². The highest BCUT2D eigenvalue weighted by Gasteiger charge is 1.97. The molecule has 4 nitrogen and oxygen atoms in total. The summed E-state index contributed by atoms with van der Waals surface area (Å²) < 4.78 is 15.6. The van der Waals surface area contributed by atoms with Gasteiger partial charge in [0.2, 0.25) is 0 Å². The van der Waals surface area contributed by atoms with E-state index in [-0.39, 0.29) is 6.61 Å². The van der Waals surface area contributed by atoms with Crippen molar-refractivity contribution in [3.8, 4) is 23.3 Å². The highest BCUT2D eigenvalue weighted by molar-refractivity contribution is 5.22. The van der Waals surface area contributed by atoms with Crippen LogP contribution >= 0.6 is 0 Å². The van der Waals surface area contributed by atoms with E-state index in [4.69, 9.17) is 13.9 Å². The minimum absolute atomic E-state index is 0.195. The van der Waals surface area contributed by atoms with Gasteiger partial charge in [0.05, 0.1) is 6.07 Å². The van der Waals surface area contributed by atoms with Crippen molar-refractivity contribution in [3.05, 3.63) is 58.6 Å². The van der Waals surface area contributed by atoms with Crippen molar-refractivity contribution >= 4 is 0 Å². The van der Waals surface area contributed by atoms with E-state index in [0.717, 1.165) is 5.75 Å². The van der Waals surface area contributed by atoms with Crippen LogP contribution in [0.3, 0.4) is 0 Å². The van der Waals surface area contributed by atoms with E-state index >= 15 is 0 Å². The Morgan fingerprint density at radius 3 is 2.30 bits per heavy atom. The SMILES string of the molecule is Cc1cc(OCC#CCOc2ccccc2)cc(=O)o1. The number of hydrogen-bond acceptors (Lipinski definition) is 4. The van der Waals surface area contributed by atoms with Gasteiger partial charge in [-0.1, -0.05) is 30.0 Å². The maximum atomic E-state index is 11.1. The molecule has 4 heteroatoms. The molecule has 0 saturated carbocycles. The Bertz CT molecular complexity index is 662. The monoisotopic (exact) mass is 270 g/mol. The number of para-hydroxylation sites is 1. The highest BCUT2D eigenvalue weighted by Crippen LogP contribution is 2.09. The van der Waals surface area contributed by atoms with Crippen LogP contribution in [0.15, 0.2) is 51.7 Å². The summed E-state index contributed by atoms with van der Waals surface area (Å²) >= 11 is 0. The summed E-state index contributed by atoms with van der Waals surface area (Å²) in [6.45, 7) is 2.18. The Labute approximate surface area is 117 Å². The maximum absolute atomic E-state index is 11.1. The molecule has 0 radical (unpaired) electrons. The van der Waals surface area contributed by atoms with Crippen molar-refractivity contribution < 1.29 is 13.9 Å². The van der Waals surface area contributed by atoms with E-state index in [9.17, 15) is 4.79 Å². The van der Waals surface area contributed by atoms with Gasteiger partial charge in [0.1, 0.15) is 30.5 Å². The highest BCUT2D eigenvalue weighted by atomic mass is 16.5. The zero-order valence-electron chi connectivity index (χ0n) is 11.1. The average Bonchev–Trinajstić information content (AvgIpc) is 2.43. The van der Waals surface area contributed by atoms with Crippen molar-refractivity contribution in [2.45, 2.75) is 6.92 Å². The lowest BCUT2D eigenvalue weighted by molar-refractivity contribution is 0.355. The van der Waals surface area contributed by atoms with Crippen molar-refractivity contribution in [1.29, 1.82) is 0 Å². The van der Waals surface area contributed by atoms with E-state index in [1.54, 1.807) is 13.0 Å². The van der Waals surface area contributed by atoms with E-state index in [1.807, 2.05) is 30.3 Å². The molecular weight excluding hydrogens is 256 g/mol. The fourth-order valence-electron chi connectivity index (χ4n) is 1.52. The second-order valence-electron chi connectivity index (χ2n) is 3.97. The molecule has 0 aliphatic carbocycles. The number of benzene rings is 1. The standard InChI is InChI=1S/C16H14O4/c1-13-11-15(12-16(17)20-13)19-10-6-5-9-18-14-7-3-2-4-8-14/h2-4,7-8,11-12H,9-10H2,1H3. The molecule has 0 aliphatic rings. The van der Waals surface area contributed by atoms with Crippen LogP contribution < -0.4 is 15.1 Å². The summed E-state index contributed by atoms with van der Waals surface area (Å²) in [5, 5.41) is 0. The van der Waals surface area contributed by atoms with Gasteiger partial charge >= 0.3 is 5.63 Å². The number of rotatable bonds is 4. The van der Waals surface area contributed by atoms with E-state index < -0.39 is 5.63 Å². The molecule has 20 heavy (non-hydrogen) atoms. The van der Waals surface area contributed by atoms with E-state index in [2.05, 4.69) is 11.8 Å². The van der Waals surface area contributed by atoms with Crippen molar-refractivity contribution in [2.75, 3.05) is 13.2 Å². The largest absolute Gasteiger partial charge is 0.481 e. The third-order valence-electron chi connectivity index (χ3n) is 2.36. The third-order valence-corrected chi connectivity index (χ3v) is 2.36. The zero-order chi connectivity index (χ0) is 14.2. The Hall–Kier alpha value is -2.67. The predicted molar refractivity (Wildman–Crippen MR) is 74.9 cm³/mol. The Morgan fingerprint density at radius 2 is 1.65 bits per heavy atom. The number of aryl methyl sites for hydroxylation is 1. The summed E-state index contributed by atoms with van der Waals surface area (Å²) in [4.78, 5) is 11.1. The first-order valence-corrected chi connectivity index (χ1v) is 6.12. The molecule has 1 aromatic carbocycles. The van der Waals surface area contributed by atoms with Crippen LogP contribution in [0.4, 0.5) is 0 Å². The molecule has 1 aromatic heterocycles. The van der Waals surface area contributed by atoms with Gasteiger partial charge in [-0.15, -0.1) is 0 Å². The molecule has 0 fully saturated rings. The van der Waals surface area contributed by atoms with Crippen LogP contribution in [-0.2, 0) is 0 Å². The first kappa shape index (κ1) is 13.8. The van der Waals surface area contributed by atoms with Crippen LogP contribution in [0.5, 0.6) is 11.5 Å². The molecule has 0 saturated heterocycles. The molecule has 0 bridgehead atoms. The first-order valence-electron chi connectivity index (χ1n) is 6.12. The van der Waals surface area contributed by atoms with Crippen molar-refractivity contribution in [3.63, 3.8) is 0 Å². The fourth-order valence-corrected chi connectivity index (χ4v) is 1.52. The molecule has 102 valence electrons. The van der Waals surface area contributed by atoms with Crippen molar-refractivity contribution in [1.82, 2.24) is 0 Å². The summed E-state index contributed by atoms with van der Waals surface area (Å²) in [7, 11) is 0. The van der Waals surface area contributed by atoms with Crippen LogP contribution in [0.25, 0.3) is 0 Å². The molecule has 2 rings (SSSR count). The Morgan fingerprint density at radius 1 is 1.00 bits per heavy atom. The minimum Gasteiger partial charge on any atom is -0.481 e. The van der Waals surface area contributed by atoms with Gasteiger partial charge in [-0.2, -0.15) is 0 Å². The molecular formula is C16H14O4. The topological polar surface area (TPSA) is 48.7 Å². The van der Waals surface area contributed by atoms with Crippen molar-refractivity contribution in [2.24, 2.45) is 0 Å². The van der Waals surface area contributed by atoms with Gasteiger partial charge in [0.25, 0.3) is 0 Å². The molecule has 0 unspecified atom stereocenters. The summed E-state index contributed by atoms with van der Waals surface area (Å²) in [5.74, 6) is 7.39. The predicted octanol–water partition coefficient (Wildman–Crippen LogP) is 2.41. The number of ether oxygens (including phenoxy) is 2. The maximum Gasteiger partial charge on any atom is 0.339 e. The molecule has 2 aromatic rings. The van der Waals surface area contributed by atoms with Gasteiger partial charge in [-0.25, -0.2) is 4.79 Å². The molecule has 1 heterocycles. The molecule has 0 spiro atoms. The van der Waals surface area contributed by atoms with Gasteiger partial charge in [-0.3, -0.25) is 0 Å². The quantitative estimate of drug-likeness (QED) is 0.800. The Kier molecular flexibility index (Phi) is 4.85. The van der Waals surface area contributed by atoms with E-state index in [1.165, 1.54) is 6.07 Å². The molecule has 0 aliphatic heterocycles. The van der Waals surface area contributed by atoms with Crippen LogP contribution in [0.2, 0.25) is 0 Å². The van der Waals surface area contributed by atoms with Crippen LogP contribution in [0.1, 0.15) is 5.76 Å². The zero-order valence-corrected chi connectivity index (χ0v) is 11.1. The lowest BCUT2D eigenvalue weighted by atomic mass is 10.3. The lowest BCUT2D eigenvalue weighted by Crippen LogP contribution is -2.02. The summed E-state index contributed by atoms with van der Waals surface area (Å²) in [6, 6.07) is 12.4. The number of hydrogen-bond donors (Lipinski definition) is 0. The fraction of sp³-hybridized carbons (Fsp3) is 0.188. The van der Waals surface area contributed by atoms with Gasteiger partial charge < -0.3 is 13.9 Å². The third kappa shape index (κ3) is 4.54. The molecule has 0 atom stereocenters. The molecule has 0 amide bonds. The van der Waals surface area contributed by atoms with E-state index in [0.29, 0.717) is 18.1 Å². The van der Waals surface area contributed by atoms with Crippen LogP contribution in [0, 0.1) is 18.8 Å². The second-order valence-corrected chi connectivity index (χ2v) is 3.97. The second kappa shape index (κ2) is 7.05. The van der Waals surface area contributed by atoms with Gasteiger partial charge in [0.15, 0.2) is 0 Å². The Balaban J connectivity index is 1.76. The average molecular weight is 270 g/mol. The van der Waals surface area contributed by atoms with Gasteiger partial charge in [0, 0.05) is 6.07 Å². The normalized spacial score (nSPS) is 9.45. The lowest BCUT2D eigenvalue weighted by Gasteiger charge is -2.01. The smallest absolute Gasteiger partial charge is 0.339 e.